The molecule has 0 bridgehead atoms. The maximum atomic E-state index is 11.8. The molecule has 5 nitrogen and oxygen atoms in total. The smallest absolute Gasteiger partial charge is 0.257 e. The Morgan fingerprint density at radius 1 is 1.42 bits per heavy atom. The highest BCUT2D eigenvalue weighted by Crippen LogP contribution is 2.25. The van der Waals surface area contributed by atoms with Gasteiger partial charge in [-0.15, -0.1) is 0 Å². The van der Waals surface area contributed by atoms with E-state index in [0.29, 0.717) is 29.0 Å². The lowest BCUT2D eigenvalue weighted by molar-refractivity contribution is 0.0976. The number of rotatable bonds is 5. The van der Waals surface area contributed by atoms with Crippen molar-refractivity contribution in [1.29, 1.82) is 0 Å². The summed E-state index contributed by atoms with van der Waals surface area (Å²) in [6, 6.07) is 5.06. The lowest BCUT2D eigenvalue weighted by atomic mass is 10.2. The summed E-state index contributed by atoms with van der Waals surface area (Å²) in [7, 11) is 3.25. The Morgan fingerprint density at radius 2 is 2.16 bits per heavy atom. The third-order valence-corrected chi connectivity index (χ3v) is 3.12. The second-order valence-corrected chi connectivity index (χ2v) is 4.78. The number of methoxy groups -OCH3 is 1. The fraction of sp³-hybridized carbons (Fsp3) is 0.333. The van der Waals surface area contributed by atoms with E-state index in [1.54, 1.807) is 32.4 Å². The molecule has 19 heavy (non-hydrogen) atoms. The predicted octanol–water partition coefficient (Wildman–Crippen LogP) is 1.71. The average molecular weight is 347 g/mol. The van der Waals surface area contributed by atoms with Crippen molar-refractivity contribution in [2.45, 2.75) is 0 Å². The van der Waals surface area contributed by atoms with Crippen LogP contribution in [0.5, 0.6) is 5.75 Å². The molecule has 0 aliphatic rings. The standard InChI is InChI=1S/C12H15BrN2O3S/c1-14-12(19)15-11(16)8-3-4-10(9(13)7-8)18-6-5-17-2/h3-4,7H,5-6H2,1-2H3,(H2,14,15,16,19). The Morgan fingerprint density at radius 3 is 2.74 bits per heavy atom. The third kappa shape index (κ3) is 5.14. The normalized spacial score (nSPS) is 9.84. The zero-order chi connectivity index (χ0) is 14.3. The quantitative estimate of drug-likeness (QED) is 0.627. The Hall–Kier alpha value is -1.18. The third-order valence-electron chi connectivity index (χ3n) is 2.19. The molecule has 7 heteroatoms. The minimum atomic E-state index is -0.275. The first-order chi connectivity index (χ1) is 9.08. The lowest BCUT2D eigenvalue weighted by Crippen LogP contribution is -2.37. The van der Waals surface area contributed by atoms with Crippen LogP contribution in [0.1, 0.15) is 10.4 Å². The number of halogens is 1. The van der Waals surface area contributed by atoms with E-state index in [9.17, 15) is 4.79 Å². The first kappa shape index (κ1) is 15.9. The number of carbonyl (C=O) groups is 1. The van der Waals surface area contributed by atoms with Crippen LogP contribution in [0.4, 0.5) is 0 Å². The van der Waals surface area contributed by atoms with Gasteiger partial charge in [-0.25, -0.2) is 0 Å². The van der Waals surface area contributed by atoms with Gasteiger partial charge in [0.2, 0.25) is 0 Å². The van der Waals surface area contributed by atoms with Gasteiger partial charge in [0.1, 0.15) is 12.4 Å². The molecule has 0 aromatic heterocycles. The molecule has 2 N–H and O–H groups in total. The van der Waals surface area contributed by atoms with Gasteiger partial charge in [0.05, 0.1) is 11.1 Å². The molecule has 1 rings (SSSR count). The first-order valence-electron chi connectivity index (χ1n) is 5.52. The molecule has 0 spiro atoms. The van der Waals surface area contributed by atoms with Crippen LogP contribution < -0.4 is 15.4 Å². The number of hydrogen-bond acceptors (Lipinski definition) is 4. The summed E-state index contributed by atoms with van der Waals surface area (Å²) >= 11 is 8.22. The van der Waals surface area contributed by atoms with Gasteiger partial charge >= 0.3 is 0 Å². The van der Waals surface area contributed by atoms with Crippen LogP contribution in [0.2, 0.25) is 0 Å². The van der Waals surface area contributed by atoms with Crippen LogP contribution >= 0.6 is 28.1 Å². The van der Waals surface area contributed by atoms with Crippen molar-refractivity contribution in [3.05, 3.63) is 28.2 Å². The van der Waals surface area contributed by atoms with Crippen LogP contribution in [0.15, 0.2) is 22.7 Å². The summed E-state index contributed by atoms with van der Waals surface area (Å²) in [5, 5.41) is 5.50. The van der Waals surface area contributed by atoms with Gasteiger partial charge in [0.15, 0.2) is 5.11 Å². The largest absolute Gasteiger partial charge is 0.490 e. The Labute approximate surface area is 125 Å². The van der Waals surface area contributed by atoms with Crippen molar-refractivity contribution in [3.8, 4) is 5.75 Å². The topological polar surface area (TPSA) is 59.6 Å². The highest BCUT2D eigenvalue weighted by Gasteiger charge is 2.10. The van der Waals surface area contributed by atoms with E-state index in [4.69, 9.17) is 21.7 Å². The molecule has 0 unspecified atom stereocenters. The van der Waals surface area contributed by atoms with E-state index < -0.39 is 0 Å². The lowest BCUT2D eigenvalue weighted by Gasteiger charge is -2.10. The van der Waals surface area contributed by atoms with Gasteiger partial charge in [-0.2, -0.15) is 0 Å². The average Bonchev–Trinajstić information content (AvgIpc) is 2.40. The maximum absolute atomic E-state index is 11.8. The van der Waals surface area contributed by atoms with Gasteiger partial charge in [-0.3, -0.25) is 10.1 Å². The summed E-state index contributed by atoms with van der Waals surface area (Å²) in [4.78, 5) is 11.8. The predicted molar refractivity (Wildman–Crippen MR) is 80.6 cm³/mol. The van der Waals surface area contributed by atoms with Gasteiger partial charge in [0, 0.05) is 19.7 Å². The molecular weight excluding hydrogens is 332 g/mol. The Kier molecular flexibility index (Phi) is 6.75. The number of hydrogen-bond donors (Lipinski definition) is 2. The molecule has 1 aromatic carbocycles. The Bertz CT molecular complexity index is 468. The van der Waals surface area contributed by atoms with Gasteiger partial charge in [-0.05, 0) is 46.3 Å². The highest BCUT2D eigenvalue weighted by molar-refractivity contribution is 9.10. The maximum Gasteiger partial charge on any atom is 0.257 e. The van der Waals surface area contributed by atoms with Crippen molar-refractivity contribution in [3.63, 3.8) is 0 Å². The van der Waals surface area contributed by atoms with E-state index in [1.165, 1.54) is 0 Å². The Balaban J connectivity index is 2.70. The van der Waals surface area contributed by atoms with E-state index in [1.807, 2.05) is 0 Å². The fourth-order valence-corrected chi connectivity index (χ4v) is 1.82. The zero-order valence-electron chi connectivity index (χ0n) is 10.7. The molecule has 0 atom stereocenters. The number of benzene rings is 1. The minimum Gasteiger partial charge on any atom is -0.490 e. The summed E-state index contributed by atoms with van der Waals surface area (Å²) in [5.74, 6) is 0.383. The molecule has 0 heterocycles. The van der Waals surface area contributed by atoms with Gasteiger partial charge in [-0.1, -0.05) is 0 Å². The number of thiocarbonyl (C=S) groups is 1. The summed E-state index contributed by atoms with van der Waals surface area (Å²) in [6.45, 7) is 0.954. The first-order valence-corrected chi connectivity index (χ1v) is 6.73. The minimum absolute atomic E-state index is 0.275. The molecule has 1 aromatic rings. The van der Waals surface area contributed by atoms with Crippen molar-refractivity contribution < 1.29 is 14.3 Å². The van der Waals surface area contributed by atoms with E-state index in [2.05, 4.69) is 26.6 Å². The second-order valence-electron chi connectivity index (χ2n) is 3.52. The molecular formula is C12H15BrN2O3S. The van der Waals surface area contributed by atoms with Crippen LogP contribution in [0, 0.1) is 0 Å². The van der Waals surface area contributed by atoms with Crippen molar-refractivity contribution in [1.82, 2.24) is 10.6 Å². The highest BCUT2D eigenvalue weighted by atomic mass is 79.9. The van der Waals surface area contributed by atoms with Crippen molar-refractivity contribution in [2.75, 3.05) is 27.4 Å². The van der Waals surface area contributed by atoms with Gasteiger partial charge in [0.25, 0.3) is 5.91 Å². The van der Waals surface area contributed by atoms with Crippen LogP contribution in [-0.2, 0) is 4.74 Å². The van der Waals surface area contributed by atoms with Gasteiger partial charge < -0.3 is 14.8 Å². The molecule has 0 aliphatic carbocycles. The molecule has 0 saturated heterocycles. The van der Waals surface area contributed by atoms with Crippen LogP contribution in [-0.4, -0.2) is 38.4 Å². The van der Waals surface area contributed by atoms with Crippen LogP contribution in [0.3, 0.4) is 0 Å². The number of nitrogens with one attached hydrogen (secondary N) is 2. The number of carbonyl (C=O) groups excluding carboxylic acids is 1. The molecule has 1 amide bonds. The zero-order valence-corrected chi connectivity index (χ0v) is 13.1. The summed E-state index contributed by atoms with van der Waals surface area (Å²) in [5.41, 5.74) is 0.489. The SMILES string of the molecule is CNC(=S)NC(=O)c1ccc(OCCOC)c(Br)c1. The van der Waals surface area contributed by atoms with E-state index >= 15 is 0 Å². The summed E-state index contributed by atoms with van der Waals surface area (Å²) in [6.07, 6.45) is 0. The monoisotopic (exact) mass is 346 g/mol. The molecule has 0 aliphatic heterocycles. The van der Waals surface area contributed by atoms with Crippen molar-refractivity contribution in [2.24, 2.45) is 0 Å². The van der Waals surface area contributed by atoms with Crippen molar-refractivity contribution >= 4 is 39.2 Å². The van der Waals surface area contributed by atoms with E-state index in [0.717, 1.165) is 0 Å². The fourth-order valence-electron chi connectivity index (χ4n) is 1.23. The molecule has 0 radical (unpaired) electrons. The molecule has 0 fully saturated rings. The van der Waals surface area contributed by atoms with E-state index in [-0.39, 0.29) is 11.0 Å². The molecule has 104 valence electrons. The number of ether oxygens (including phenoxy) is 2. The second kappa shape index (κ2) is 8.08. The number of amides is 1. The van der Waals surface area contributed by atoms with Crippen LogP contribution in [0.25, 0.3) is 0 Å². The molecule has 0 saturated carbocycles. The summed E-state index contributed by atoms with van der Waals surface area (Å²) < 4.78 is 11.1.